The number of hydrogen-bond acceptors (Lipinski definition) is 2. The first-order chi connectivity index (χ1) is 4.93. The molecule has 1 aliphatic heterocycles. The fourth-order valence-electron chi connectivity index (χ4n) is 1.07. The highest BCUT2D eigenvalue weighted by molar-refractivity contribution is 4.89. The van der Waals surface area contributed by atoms with Crippen molar-refractivity contribution >= 4 is 0 Å². The fourth-order valence-corrected chi connectivity index (χ4v) is 1.07. The molecule has 1 atom stereocenters. The maximum Gasteiger partial charge on any atom is 0.0529 e. The first-order valence-electron chi connectivity index (χ1n) is 3.78. The molecule has 0 spiro atoms. The van der Waals surface area contributed by atoms with Crippen LogP contribution in [0.1, 0.15) is 12.8 Å². The van der Waals surface area contributed by atoms with E-state index in [0.29, 0.717) is 5.92 Å². The average Bonchev–Trinajstić information content (AvgIpc) is 2.41. The Morgan fingerprint density at radius 3 is 3.10 bits per heavy atom. The van der Waals surface area contributed by atoms with Crippen molar-refractivity contribution in [1.82, 2.24) is 0 Å². The summed E-state index contributed by atoms with van der Waals surface area (Å²) in [7, 11) is 0. The van der Waals surface area contributed by atoms with Gasteiger partial charge in [0.15, 0.2) is 0 Å². The van der Waals surface area contributed by atoms with E-state index >= 15 is 0 Å². The largest absolute Gasteiger partial charge is 0.396 e. The van der Waals surface area contributed by atoms with Crippen LogP contribution >= 0.6 is 0 Å². The maximum absolute atomic E-state index is 8.46. The Balaban J connectivity index is 2.10. The molecule has 58 valence electrons. The maximum atomic E-state index is 8.46. The van der Waals surface area contributed by atoms with Crippen molar-refractivity contribution in [2.45, 2.75) is 12.8 Å². The lowest BCUT2D eigenvalue weighted by atomic mass is 10.1. The summed E-state index contributed by atoms with van der Waals surface area (Å²) in [6.45, 7) is 2.01. The van der Waals surface area contributed by atoms with Crippen LogP contribution in [0.5, 0.6) is 0 Å². The highest BCUT2D eigenvalue weighted by Crippen LogP contribution is 2.13. The molecule has 1 N–H and O–H groups in total. The molecule has 0 aromatic carbocycles. The molecule has 0 aromatic rings. The van der Waals surface area contributed by atoms with Gasteiger partial charge in [-0.3, -0.25) is 0 Å². The highest BCUT2D eigenvalue weighted by atomic mass is 16.5. The van der Waals surface area contributed by atoms with Crippen molar-refractivity contribution in [3.63, 3.8) is 0 Å². The van der Waals surface area contributed by atoms with Gasteiger partial charge in [-0.25, -0.2) is 0 Å². The quantitative estimate of drug-likeness (QED) is 0.595. The van der Waals surface area contributed by atoms with E-state index in [9.17, 15) is 0 Å². The van der Waals surface area contributed by atoms with Gasteiger partial charge in [-0.15, -0.1) is 0 Å². The molecule has 1 rings (SSSR count). The lowest BCUT2D eigenvalue weighted by Crippen LogP contribution is -1.93. The topological polar surface area (TPSA) is 29.5 Å². The molecular formula is C8H14O2. The van der Waals surface area contributed by atoms with Crippen LogP contribution in [0.4, 0.5) is 0 Å². The van der Waals surface area contributed by atoms with Gasteiger partial charge in [-0.1, -0.05) is 12.2 Å². The van der Waals surface area contributed by atoms with Crippen LogP contribution in [0, 0.1) is 5.92 Å². The zero-order valence-electron chi connectivity index (χ0n) is 6.12. The van der Waals surface area contributed by atoms with Crippen LogP contribution < -0.4 is 0 Å². The Kier molecular flexibility index (Phi) is 3.47. The number of hydrogen-bond donors (Lipinski definition) is 1. The third-order valence-electron chi connectivity index (χ3n) is 1.67. The second kappa shape index (κ2) is 4.47. The van der Waals surface area contributed by atoms with Crippen LogP contribution in [-0.2, 0) is 4.74 Å². The van der Waals surface area contributed by atoms with Gasteiger partial charge in [-0.2, -0.15) is 0 Å². The van der Waals surface area contributed by atoms with E-state index < -0.39 is 0 Å². The molecule has 2 nitrogen and oxygen atoms in total. The van der Waals surface area contributed by atoms with Crippen molar-refractivity contribution in [3.05, 3.63) is 12.2 Å². The van der Waals surface area contributed by atoms with E-state index in [1.807, 2.05) is 6.08 Å². The van der Waals surface area contributed by atoms with Gasteiger partial charge in [0, 0.05) is 19.1 Å². The zero-order chi connectivity index (χ0) is 7.23. The molecule has 10 heavy (non-hydrogen) atoms. The van der Waals surface area contributed by atoms with Crippen LogP contribution in [0.25, 0.3) is 0 Å². The molecular weight excluding hydrogens is 128 g/mol. The molecule has 1 heterocycles. The molecule has 0 aliphatic carbocycles. The normalized spacial score (nSPS) is 26.3. The zero-order valence-corrected chi connectivity index (χ0v) is 6.12. The average molecular weight is 142 g/mol. The van der Waals surface area contributed by atoms with Gasteiger partial charge in [0.1, 0.15) is 0 Å². The molecule has 0 saturated carbocycles. The molecule has 1 saturated heterocycles. The Hall–Kier alpha value is -0.340. The summed E-state index contributed by atoms with van der Waals surface area (Å²) in [5, 5.41) is 8.46. The summed E-state index contributed by atoms with van der Waals surface area (Å²) in [5.41, 5.74) is 0. The Bertz CT molecular complexity index is 104. The van der Waals surface area contributed by atoms with E-state index in [-0.39, 0.29) is 6.61 Å². The SMILES string of the molecule is OCC/C=C\C1CCOC1. The number of aliphatic hydroxyl groups excluding tert-OH is 1. The molecule has 0 radical (unpaired) electrons. The monoisotopic (exact) mass is 142 g/mol. The summed E-state index contributed by atoms with van der Waals surface area (Å²) >= 11 is 0. The van der Waals surface area contributed by atoms with Crippen molar-refractivity contribution < 1.29 is 9.84 Å². The molecule has 1 aliphatic rings. The smallest absolute Gasteiger partial charge is 0.0529 e. The first-order valence-corrected chi connectivity index (χ1v) is 3.78. The predicted molar refractivity (Wildman–Crippen MR) is 39.8 cm³/mol. The van der Waals surface area contributed by atoms with E-state index in [0.717, 1.165) is 26.1 Å². The fraction of sp³-hybridized carbons (Fsp3) is 0.750. The van der Waals surface area contributed by atoms with Crippen LogP contribution in [0.3, 0.4) is 0 Å². The minimum atomic E-state index is 0.254. The van der Waals surface area contributed by atoms with Crippen molar-refractivity contribution in [2.24, 2.45) is 5.92 Å². The molecule has 1 unspecified atom stereocenters. The van der Waals surface area contributed by atoms with E-state index in [1.165, 1.54) is 0 Å². The second-order valence-corrected chi connectivity index (χ2v) is 2.56. The summed E-state index contributed by atoms with van der Waals surface area (Å²) in [6, 6.07) is 0. The summed E-state index contributed by atoms with van der Waals surface area (Å²) < 4.78 is 5.17. The van der Waals surface area contributed by atoms with E-state index in [1.54, 1.807) is 0 Å². The van der Waals surface area contributed by atoms with Crippen LogP contribution in [0.15, 0.2) is 12.2 Å². The lowest BCUT2D eigenvalue weighted by Gasteiger charge is -1.96. The minimum Gasteiger partial charge on any atom is -0.396 e. The second-order valence-electron chi connectivity index (χ2n) is 2.56. The predicted octanol–water partition coefficient (Wildman–Crippen LogP) is 0.962. The Morgan fingerprint density at radius 2 is 2.50 bits per heavy atom. The van der Waals surface area contributed by atoms with E-state index in [2.05, 4.69) is 6.08 Å². The van der Waals surface area contributed by atoms with Crippen LogP contribution in [0.2, 0.25) is 0 Å². The number of ether oxygens (including phenoxy) is 1. The minimum absolute atomic E-state index is 0.254. The highest BCUT2D eigenvalue weighted by Gasteiger charge is 2.10. The van der Waals surface area contributed by atoms with Crippen molar-refractivity contribution in [1.29, 1.82) is 0 Å². The standard InChI is InChI=1S/C8H14O2/c9-5-2-1-3-8-4-6-10-7-8/h1,3,8-9H,2,4-7H2/b3-1-. The number of aliphatic hydroxyl groups is 1. The molecule has 0 bridgehead atoms. The summed E-state index contributed by atoms with van der Waals surface area (Å²) in [6.07, 6.45) is 6.08. The van der Waals surface area contributed by atoms with Gasteiger partial charge in [0.2, 0.25) is 0 Å². The summed E-state index contributed by atoms with van der Waals surface area (Å²) in [4.78, 5) is 0. The molecule has 0 aromatic heterocycles. The van der Waals surface area contributed by atoms with Gasteiger partial charge >= 0.3 is 0 Å². The van der Waals surface area contributed by atoms with Gasteiger partial charge in [-0.05, 0) is 12.8 Å². The van der Waals surface area contributed by atoms with Crippen LogP contribution in [-0.4, -0.2) is 24.9 Å². The van der Waals surface area contributed by atoms with Crippen molar-refractivity contribution in [2.75, 3.05) is 19.8 Å². The van der Waals surface area contributed by atoms with Crippen molar-refractivity contribution in [3.8, 4) is 0 Å². The molecule has 0 amide bonds. The third kappa shape index (κ3) is 2.50. The van der Waals surface area contributed by atoms with Gasteiger partial charge < -0.3 is 9.84 Å². The van der Waals surface area contributed by atoms with E-state index in [4.69, 9.17) is 9.84 Å². The summed E-state index contributed by atoms with van der Waals surface area (Å²) in [5.74, 6) is 0.603. The molecule has 2 heteroatoms. The first kappa shape index (κ1) is 7.76. The lowest BCUT2D eigenvalue weighted by molar-refractivity contribution is 0.191. The Morgan fingerprint density at radius 1 is 1.60 bits per heavy atom. The van der Waals surface area contributed by atoms with Gasteiger partial charge in [0.05, 0.1) is 6.61 Å². The third-order valence-corrected chi connectivity index (χ3v) is 1.67. The van der Waals surface area contributed by atoms with Gasteiger partial charge in [0.25, 0.3) is 0 Å². The Labute approximate surface area is 61.5 Å². The number of rotatable bonds is 3. The molecule has 1 fully saturated rings.